The molecule has 1 aromatic rings. The van der Waals surface area contributed by atoms with E-state index < -0.39 is 0 Å². The lowest BCUT2D eigenvalue weighted by molar-refractivity contribution is -0.0294. The van der Waals surface area contributed by atoms with Crippen molar-refractivity contribution >= 4 is 0 Å². The summed E-state index contributed by atoms with van der Waals surface area (Å²) in [7, 11) is 1.75. The first-order chi connectivity index (χ1) is 9.47. The number of hydrogen-bond acceptors (Lipinski definition) is 4. The minimum absolute atomic E-state index is 0.362. The monoisotopic (exact) mass is 279 g/mol. The fourth-order valence-electron chi connectivity index (χ4n) is 2.36. The number of methoxy groups -OCH3 is 1. The largest absolute Gasteiger partial charge is 0.370 e. The van der Waals surface area contributed by atoms with Crippen LogP contribution in [0.2, 0.25) is 0 Å². The molecule has 1 aromatic heterocycles. The van der Waals surface area contributed by atoms with Crippen LogP contribution in [0.3, 0.4) is 0 Å². The van der Waals surface area contributed by atoms with Gasteiger partial charge in [-0.25, -0.2) is 9.97 Å². The maximum atomic E-state index is 5.73. The molecule has 0 aromatic carbocycles. The van der Waals surface area contributed by atoms with E-state index in [0.717, 1.165) is 43.1 Å². The third-order valence-electron chi connectivity index (χ3n) is 3.71. The number of nitrogens with zero attached hydrogens (tertiary/aromatic N) is 2. The van der Waals surface area contributed by atoms with E-state index in [1.165, 1.54) is 0 Å². The van der Waals surface area contributed by atoms with Crippen molar-refractivity contribution in [3.63, 3.8) is 0 Å². The minimum Gasteiger partial charge on any atom is -0.370 e. The van der Waals surface area contributed by atoms with Gasteiger partial charge in [0.25, 0.3) is 0 Å². The molecule has 1 N–H and O–H groups in total. The zero-order chi connectivity index (χ0) is 15.2. The van der Waals surface area contributed by atoms with E-state index in [1.54, 1.807) is 7.11 Å². The summed E-state index contributed by atoms with van der Waals surface area (Å²) in [6.07, 6.45) is 1.75. The van der Waals surface area contributed by atoms with Crippen LogP contribution in [-0.4, -0.2) is 23.6 Å². The smallest absolute Gasteiger partial charge is 0.160 e. The van der Waals surface area contributed by atoms with Crippen LogP contribution in [0, 0.1) is 12.8 Å². The van der Waals surface area contributed by atoms with Crippen molar-refractivity contribution in [1.29, 1.82) is 0 Å². The second kappa shape index (κ2) is 7.70. The molecule has 0 unspecified atom stereocenters. The lowest BCUT2D eigenvalue weighted by Gasteiger charge is -2.29. The van der Waals surface area contributed by atoms with Crippen LogP contribution in [0.15, 0.2) is 6.07 Å². The zero-order valence-corrected chi connectivity index (χ0v) is 13.8. The zero-order valence-electron chi connectivity index (χ0n) is 13.8. The van der Waals surface area contributed by atoms with Gasteiger partial charge >= 0.3 is 0 Å². The normalized spacial score (nSPS) is 12.2. The van der Waals surface area contributed by atoms with E-state index in [-0.39, 0.29) is 5.60 Å². The van der Waals surface area contributed by atoms with Gasteiger partial charge in [-0.15, -0.1) is 0 Å². The van der Waals surface area contributed by atoms with Crippen LogP contribution in [0.4, 0.5) is 0 Å². The number of aromatic nitrogens is 2. The lowest BCUT2D eigenvalue weighted by Crippen LogP contribution is -2.30. The van der Waals surface area contributed by atoms with Gasteiger partial charge in [0.15, 0.2) is 5.82 Å². The first-order valence-corrected chi connectivity index (χ1v) is 7.58. The average molecular weight is 279 g/mol. The van der Waals surface area contributed by atoms with Crippen molar-refractivity contribution in [1.82, 2.24) is 15.3 Å². The van der Waals surface area contributed by atoms with Gasteiger partial charge in [-0.1, -0.05) is 27.7 Å². The van der Waals surface area contributed by atoms with Gasteiger partial charge in [0.1, 0.15) is 5.60 Å². The Balaban J connectivity index is 2.95. The van der Waals surface area contributed by atoms with Crippen molar-refractivity contribution in [2.24, 2.45) is 5.92 Å². The number of aryl methyl sites for hydroxylation is 1. The van der Waals surface area contributed by atoms with E-state index in [1.807, 2.05) is 13.0 Å². The molecule has 0 radical (unpaired) electrons. The molecule has 0 amide bonds. The third kappa shape index (κ3) is 4.25. The van der Waals surface area contributed by atoms with Crippen LogP contribution < -0.4 is 5.32 Å². The first-order valence-electron chi connectivity index (χ1n) is 7.58. The molecule has 0 aliphatic rings. The molecule has 0 atom stereocenters. The molecule has 4 nitrogen and oxygen atoms in total. The van der Waals surface area contributed by atoms with Crippen LogP contribution >= 0.6 is 0 Å². The average Bonchev–Trinajstić information content (AvgIpc) is 2.40. The number of nitrogens with one attached hydrogen (secondary N) is 1. The summed E-state index contributed by atoms with van der Waals surface area (Å²) in [5, 5.41) is 3.43. The summed E-state index contributed by atoms with van der Waals surface area (Å²) in [5.41, 5.74) is 1.68. The topological polar surface area (TPSA) is 47.0 Å². The van der Waals surface area contributed by atoms with Crippen molar-refractivity contribution < 1.29 is 4.74 Å². The molecule has 0 spiro atoms. The molecule has 20 heavy (non-hydrogen) atoms. The van der Waals surface area contributed by atoms with Gasteiger partial charge in [-0.3, -0.25) is 0 Å². The molecule has 0 aliphatic heterocycles. The predicted molar refractivity (Wildman–Crippen MR) is 82.6 cm³/mol. The van der Waals surface area contributed by atoms with E-state index >= 15 is 0 Å². The van der Waals surface area contributed by atoms with Crippen molar-refractivity contribution in [2.45, 2.75) is 59.6 Å². The molecule has 1 rings (SSSR count). The second-order valence-corrected chi connectivity index (χ2v) is 5.75. The highest BCUT2D eigenvalue weighted by molar-refractivity contribution is 5.14. The van der Waals surface area contributed by atoms with Crippen molar-refractivity contribution in [3.05, 3.63) is 23.3 Å². The Morgan fingerprint density at radius 2 is 1.90 bits per heavy atom. The van der Waals surface area contributed by atoms with Crippen molar-refractivity contribution in [2.75, 3.05) is 13.7 Å². The van der Waals surface area contributed by atoms with Crippen LogP contribution in [0.1, 0.15) is 57.7 Å². The Bertz CT molecular complexity index is 406. The Labute approximate surface area is 123 Å². The summed E-state index contributed by atoms with van der Waals surface area (Å²) in [4.78, 5) is 9.31. The quantitative estimate of drug-likeness (QED) is 0.794. The fraction of sp³-hybridized carbons (Fsp3) is 0.750. The van der Waals surface area contributed by atoms with Crippen LogP contribution in [0.25, 0.3) is 0 Å². The molecule has 0 saturated carbocycles. The lowest BCUT2D eigenvalue weighted by atomic mass is 9.95. The molecule has 4 heteroatoms. The highest BCUT2D eigenvalue weighted by Crippen LogP contribution is 2.29. The van der Waals surface area contributed by atoms with Gasteiger partial charge in [-0.05, 0) is 38.3 Å². The molecule has 0 fully saturated rings. The van der Waals surface area contributed by atoms with Gasteiger partial charge in [-0.2, -0.15) is 0 Å². The third-order valence-corrected chi connectivity index (χ3v) is 3.71. The summed E-state index contributed by atoms with van der Waals surface area (Å²) >= 11 is 0. The summed E-state index contributed by atoms with van der Waals surface area (Å²) in [6, 6.07) is 2.04. The van der Waals surface area contributed by atoms with Gasteiger partial charge in [0, 0.05) is 19.3 Å². The van der Waals surface area contributed by atoms with Crippen LogP contribution in [0.5, 0.6) is 0 Å². The SMILES string of the molecule is CCC(CC)(OC)c1nc(C)cc(CNCC(C)C)n1. The molecule has 0 saturated heterocycles. The maximum absolute atomic E-state index is 5.73. The number of hydrogen-bond donors (Lipinski definition) is 1. The Kier molecular flexibility index (Phi) is 6.56. The highest BCUT2D eigenvalue weighted by atomic mass is 16.5. The van der Waals surface area contributed by atoms with Crippen molar-refractivity contribution in [3.8, 4) is 0 Å². The van der Waals surface area contributed by atoms with E-state index in [2.05, 4.69) is 38.0 Å². The maximum Gasteiger partial charge on any atom is 0.160 e. The summed E-state index contributed by atoms with van der Waals surface area (Å²) < 4.78 is 5.73. The minimum atomic E-state index is -0.362. The van der Waals surface area contributed by atoms with E-state index in [9.17, 15) is 0 Å². The second-order valence-electron chi connectivity index (χ2n) is 5.75. The molecule has 1 heterocycles. The number of rotatable bonds is 8. The molecular formula is C16H29N3O. The number of ether oxygens (including phenoxy) is 1. The highest BCUT2D eigenvalue weighted by Gasteiger charge is 2.31. The molecule has 0 aliphatic carbocycles. The van der Waals surface area contributed by atoms with Gasteiger partial charge < -0.3 is 10.1 Å². The van der Waals surface area contributed by atoms with E-state index in [4.69, 9.17) is 9.72 Å². The molecule has 0 bridgehead atoms. The standard InChI is InChI=1S/C16H29N3O/c1-7-16(8-2,20-6)15-18-13(5)9-14(19-15)11-17-10-12(3)4/h9,12,17H,7-8,10-11H2,1-6H3. The van der Waals surface area contributed by atoms with E-state index in [0.29, 0.717) is 5.92 Å². The fourth-order valence-corrected chi connectivity index (χ4v) is 2.36. The summed E-state index contributed by atoms with van der Waals surface area (Å²) in [6.45, 7) is 12.4. The first kappa shape index (κ1) is 17.1. The Morgan fingerprint density at radius 3 is 2.40 bits per heavy atom. The van der Waals surface area contributed by atoms with Crippen LogP contribution in [-0.2, 0) is 16.9 Å². The molecule has 114 valence electrons. The van der Waals surface area contributed by atoms with Gasteiger partial charge in [0.05, 0.1) is 5.69 Å². The Hall–Kier alpha value is -1.00. The predicted octanol–water partition coefficient (Wildman–Crippen LogP) is 3.19. The van der Waals surface area contributed by atoms with Gasteiger partial charge in [0.2, 0.25) is 0 Å². The summed E-state index contributed by atoms with van der Waals surface area (Å²) in [5.74, 6) is 1.45. The Morgan fingerprint density at radius 1 is 1.25 bits per heavy atom. The molecular weight excluding hydrogens is 250 g/mol.